The molecule has 0 aliphatic heterocycles. The summed E-state index contributed by atoms with van der Waals surface area (Å²) < 4.78 is 1.09. The quantitative estimate of drug-likeness (QED) is 0.812. The third kappa shape index (κ3) is 4.79. The van der Waals surface area contributed by atoms with Gasteiger partial charge in [-0.15, -0.1) is 0 Å². The fourth-order valence-corrected chi connectivity index (χ4v) is 1.97. The molecular weight excluding hydrogens is 276 g/mol. The number of hydrogen-bond acceptors (Lipinski definition) is 2. The normalized spacial score (nSPS) is 11.0. The van der Waals surface area contributed by atoms with Gasteiger partial charge in [0.1, 0.15) is 0 Å². The van der Waals surface area contributed by atoms with E-state index in [1.165, 1.54) is 5.56 Å². The predicted octanol–water partition coefficient (Wildman–Crippen LogP) is 4.50. The van der Waals surface area contributed by atoms with Crippen molar-refractivity contribution >= 4 is 21.6 Å². The standard InChI is InChI=1S/C14H19BrN2/c1-11-5-6-12(15)13(9-11)17-8-4-7-14(2,3)10-16/h5-6,9,17H,4,7-8H2,1-3H3. The lowest BCUT2D eigenvalue weighted by Gasteiger charge is -2.15. The summed E-state index contributed by atoms with van der Waals surface area (Å²) >= 11 is 3.52. The molecule has 17 heavy (non-hydrogen) atoms. The smallest absolute Gasteiger partial charge is 0.0683 e. The Bertz CT molecular complexity index is 419. The highest BCUT2D eigenvalue weighted by molar-refractivity contribution is 9.10. The summed E-state index contributed by atoms with van der Waals surface area (Å²) in [6.07, 6.45) is 1.92. The van der Waals surface area contributed by atoms with Crippen LogP contribution in [0.4, 0.5) is 5.69 Å². The fourth-order valence-electron chi connectivity index (χ4n) is 1.58. The molecule has 0 radical (unpaired) electrons. The number of halogens is 1. The monoisotopic (exact) mass is 294 g/mol. The van der Waals surface area contributed by atoms with E-state index in [2.05, 4.69) is 52.4 Å². The molecule has 0 spiro atoms. The molecule has 0 amide bonds. The Morgan fingerprint density at radius 1 is 1.41 bits per heavy atom. The van der Waals surface area contributed by atoms with E-state index in [1.54, 1.807) is 0 Å². The van der Waals surface area contributed by atoms with E-state index >= 15 is 0 Å². The van der Waals surface area contributed by atoms with Crippen LogP contribution in [0.15, 0.2) is 22.7 Å². The second-order valence-corrected chi connectivity index (χ2v) is 5.86. The van der Waals surface area contributed by atoms with Gasteiger partial charge in [0.25, 0.3) is 0 Å². The first kappa shape index (κ1) is 14.1. The molecule has 0 fully saturated rings. The summed E-state index contributed by atoms with van der Waals surface area (Å²) in [6.45, 7) is 6.94. The summed E-state index contributed by atoms with van der Waals surface area (Å²) in [5.41, 5.74) is 2.15. The Morgan fingerprint density at radius 2 is 2.12 bits per heavy atom. The lowest BCUT2D eigenvalue weighted by molar-refractivity contribution is 0.441. The molecule has 0 aromatic heterocycles. The minimum atomic E-state index is -0.217. The number of nitrogens with zero attached hydrogens (tertiary/aromatic N) is 1. The molecule has 2 nitrogen and oxygen atoms in total. The molecule has 0 aliphatic carbocycles. The molecule has 1 aromatic rings. The highest BCUT2D eigenvalue weighted by Crippen LogP contribution is 2.24. The van der Waals surface area contributed by atoms with E-state index in [4.69, 9.17) is 5.26 Å². The lowest BCUT2D eigenvalue weighted by Crippen LogP contribution is -2.11. The van der Waals surface area contributed by atoms with Gasteiger partial charge >= 0.3 is 0 Å². The number of benzene rings is 1. The minimum Gasteiger partial charge on any atom is -0.384 e. The average Bonchev–Trinajstić information content (AvgIpc) is 2.29. The molecule has 0 aliphatic rings. The van der Waals surface area contributed by atoms with Crippen LogP contribution >= 0.6 is 15.9 Å². The largest absolute Gasteiger partial charge is 0.384 e. The molecule has 0 bridgehead atoms. The third-order valence-corrected chi connectivity index (χ3v) is 3.41. The third-order valence-electron chi connectivity index (χ3n) is 2.72. The summed E-state index contributed by atoms with van der Waals surface area (Å²) in [4.78, 5) is 0. The molecule has 0 atom stereocenters. The Labute approximate surface area is 112 Å². The molecule has 0 heterocycles. The van der Waals surface area contributed by atoms with Crippen molar-refractivity contribution in [2.75, 3.05) is 11.9 Å². The van der Waals surface area contributed by atoms with Crippen LogP contribution in [0.3, 0.4) is 0 Å². The Morgan fingerprint density at radius 3 is 2.76 bits per heavy atom. The highest BCUT2D eigenvalue weighted by Gasteiger charge is 2.15. The van der Waals surface area contributed by atoms with Crippen LogP contribution < -0.4 is 5.32 Å². The van der Waals surface area contributed by atoms with Gasteiger partial charge in [-0.2, -0.15) is 5.26 Å². The highest BCUT2D eigenvalue weighted by atomic mass is 79.9. The number of hydrogen-bond donors (Lipinski definition) is 1. The van der Waals surface area contributed by atoms with Crippen molar-refractivity contribution < 1.29 is 0 Å². The van der Waals surface area contributed by atoms with Crippen molar-refractivity contribution in [3.05, 3.63) is 28.2 Å². The molecule has 0 saturated carbocycles. The van der Waals surface area contributed by atoms with E-state index in [0.29, 0.717) is 0 Å². The number of aryl methyl sites for hydroxylation is 1. The molecule has 3 heteroatoms. The van der Waals surface area contributed by atoms with Crippen molar-refractivity contribution in [1.82, 2.24) is 0 Å². The zero-order valence-corrected chi connectivity index (χ0v) is 12.3. The van der Waals surface area contributed by atoms with Gasteiger partial charge in [0.05, 0.1) is 11.5 Å². The minimum absolute atomic E-state index is 0.217. The maximum absolute atomic E-state index is 8.91. The van der Waals surface area contributed by atoms with Crippen LogP contribution in [0.5, 0.6) is 0 Å². The van der Waals surface area contributed by atoms with Gasteiger partial charge in [-0.1, -0.05) is 6.07 Å². The topological polar surface area (TPSA) is 35.8 Å². The van der Waals surface area contributed by atoms with Crippen molar-refractivity contribution in [2.24, 2.45) is 5.41 Å². The maximum atomic E-state index is 8.91. The van der Waals surface area contributed by atoms with Gasteiger partial charge < -0.3 is 5.32 Å². The first-order valence-electron chi connectivity index (χ1n) is 5.86. The summed E-state index contributed by atoms with van der Waals surface area (Å²) in [6, 6.07) is 8.58. The van der Waals surface area contributed by atoms with E-state index in [1.807, 2.05) is 13.8 Å². The van der Waals surface area contributed by atoms with Gasteiger partial charge in [-0.05, 0) is 67.2 Å². The van der Waals surface area contributed by atoms with Crippen LogP contribution in [0.25, 0.3) is 0 Å². The summed E-state index contributed by atoms with van der Waals surface area (Å²) in [7, 11) is 0. The SMILES string of the molecule is Cc1ccc(Br)c(NCCCC(C)(C)C#N)c1. The zero-order chi connectivity index (χ0) is 12.9. The van der Waals surface area contributed by atoms with Crippen molar-refractivity contribution in [3.8, 4) is 6.07 Å². The van der Waals surface area contributed by atoms with Crippen LogP contribution in [-0.2, 0) is 0 Å². The van der Waals surface area contributed by atoms with Crippen LogP contribution in [-0.4, -0.2) is 6.54 Å². The van der Waals surface area contributed by atoms with Gasteiger partial charge in [-0.25, -0.2) is 0 Å². The van der Waals surface area contributed by atoms with Crippen molar-refractivity contribution in [1.29, 1.82) is 5.26 Å². The molecule has 1 aromatic carbocycles. The molecule has 1 N–H and O–H groups in total. The Balaban J connectivity index is 2.42. The van der Waals surface area contributed by atoms with E-state index in [9.17, 15) is 0 Å². The summed E-state index contributed by atoms with van der Waals surface area (Å²) in [5.74, 6) is 0. The average molecular weight is 295 g/mol. The number of rotatable bonds is 5. The number of nitriles is 1. The first-order valence-corrected chi connectivity index (χ1v) is 6.65. The van der Waals surface area contributed by atoms with Crippen LogP contribution in [0, 0.1) is 23.7 Å². The number of nitrogens with one attached hydrogen (secondary N) is 1. The van der Waals surface area contributed by atoms with E-state index < -0.39 is 0 Å². The van der Waals surface area contributed by atoms with E-state index in [-0.39, 0.29) is 5.41 Å². The van der Waals surface area contributed by atoms with Gasteiger partial charge in [0, 0.05) is 16.7 Å². The van der Waals surface area contributed by atoms with Crippen molar-refractivity contribution in [2.45, 2.75) is 33.6 Å². The van der Waals surface area contributed by atoms with Gasteiger partial charge in [0.15, 0.2) is 0 Å². The number of anilines is 1. The molecule has 92 valence electrons. The predicted molar refractivity (Wildman–Crippen MR) is 76.0 cm³/mol. The molecule has 0 unspecified atom stereocenters. The van der Waals surface area contributed by atoms with Crippen LogP contribution in [0.1, 0.15) is 32.3 Å². The fraction of sp³-hybridized carbons (Fsp3) is 0.500. The van der Waals surface area contributed by atoms with Crippen molar-refractivity contribution in [3.63, 3.8) is 0 Å². The van der Waals surface area contributed by atoms with Gasteiger partial charge in [-0.3, -0.25) is 0 Å². The first-order chi connectivity index (χ1) is 7.94. The van der Waals surface area contributed by atoms with Crippen LogP contribution in [0.2, 0.25) is 0 Å². The molecule has 1 rings (SSSR count). The lowest BCUT2D eigenvalue weighted by atomic mass is 9.90. The second-order valence-electron chi connectivity index (χ2n) is 5.01. The maximum Gasteiger partial charge on any atom is 0.0683 e. The molecular formula is C14H19BrN2. The Kier molecular flexibility index (Phi) is 5.02. The Hall–Kier alpha value is -1.01. The summed E-state index contributed by atoms with van der Waals surface area (Å²) in [5, 5.41) is 12.3. The second kappa shape index (κ2) is 6.07. The van der Waals surface area contributed by atoms with Gasteiger partial charge in [0.2, 0.25) is 0 Å². The van der Waals surface area contributed by atoms with E-state index in [0.717, 1.165) is 29.5 Å². The zero-order valence-electron chi connectivity index (χ0n) is 10.7. The molecule has 0 saturated heterocycles.